The van der Waals surface area contributed by atoms with Gasteiger partial charge in [-0.15, -0.1) is 0 Å². The molecule has 0 unspecified atom stereocenters. The number of fused-ring (bicyclic) bond motifs is 2. The predicted molar refractivity (Wildman–Crippen MR) is 200 cm³/mol. The number of rotatable bonds is 6. The van der Waals surface area contributed by atoms with Crippen LogP contribution in [0.15, 0.2) is 146 Å². The van der Waals surface area contributed by atoms with Crippen LogP contribution in [0.2, 0.25) is 0 Å². The quantitative estimate of drug-likeness (QED) is 0.133. The van der Waals surface area contributed by atoms with Crippen molar-refractivity contribution in [1.82, 2.24) is 0 Å². The zero-order valence-corrected chi connectivity index (χ0v) is 27.0. The van der Waals surface area contributed by atoms with Crippen LogP contribution < -0.4 is 0 Å². The minimum Gasteiger partial charge on any atom is -0.0616 e. The minimum atomic E-state index is 1.22. The molecule has 0 saturated heterocycles. The Hall–Kier alpha value is -5.46. The summed E-state index contributed by atoms with van der Waals surface area (Å²) in [6.45, 7) is 8.59. The summed E-state index contributed by atoms with van der Waals surface area (Å²) >= 11 is 0. The number of benzene rings is 7. The Morgan fingerprint density at radius 3 is 0.739 bits per heavy atom. The normalized spacial score (nSPS) is 11.0. The van der Waals surface area contributed by atoms with Crippen LogP contribution in [0.25, 0.3) is 44.8 Å². The van der Waals surface area contributed by atoms with Crippen molar-refractivity contribution in [2.24, 2.45) is 0 Å². The summed E-state index contributed by atoms with van der Waals surface area (Å²) in [5.74, 6) is 0. The molecule has 222 valence electrons. The maximum atomic E-state index is 2.41. The lowest BCUT2D eigenvalue weighted by Crippen LogP contribution is -1.94. The average Bonchev–Trinajstić information content (AvgIpc) is 3.08. The molecule has 0 amide bonds. The van der Waals surface area contributed by atoms with Crippen molar-refractivity contribution in [1.29, 1.82) is 0 Å². The van der Waals surface area contributed by atoms with Gasteiger partial charge in [0.25, 0.3) is 0 Å². The van der Waals surface area contributed by atoms with Gasteiger partial charge in [-0.25, -0.2) is 0 Å². The van der Waals surface area contributed by atoms with Crippen molar-refractivity contribution in [3.63, 3.8) is 0 Å². The molecule has 0 aliphatic carbocycles. The fourth-order valence-electron chi connectivity index (χ4n) is 6.39. The lowest BCUT2D eigenvalue weighted by atomic mass is 9.86. The van der Waals surface area contributed by atoms with Gasteiger partial charge in [-0.2, -0.15) is 0 Å². The summed E-state index contributed by atoms with van der Waals surface area (Å²) in [4.78, 5) is 0. The molecule has 0 spiro atoms. The van der Waals surface area contributed by atoms with E-state index in [0.717, 1.165) is 0 Å². The average molecular weight is 591 g/mol. The number of hydrogen-bond donors (Lipinski definition) is 0. The molecule has 7 aromatic rings. The molecule has 0 nitrogen and oxygen atoms in total. The lowest BCUT2D eigenvalue weighted by molar-refractivity contribution is 1.43. The monoisotopic (exact) mass is 590 g/mol. The third-order valence-corrected chi connectivity index (χ3v) is 9.04. The Morgan fingerprint density at radius 1 is 0.304 bits per heavy atom. The Labute approximate surface area is 273 Å². The smallest absolute Gasteiger partial charge is 0.00926 e. The highest BCUT2D eigenvalue weighted by Crippen LogP contribution is 2.39. The van der Waals surface area contributed by atoms with E-state index in [2.05, 4.69) is 185 Å². The molecule has 7 aromatic carbocycles. The lowest BCUT2D eigenvalue weighted by Gasteiger charge is -2.17. The molecule has 0 N–H and O–H groups in total. The minimum absolute atomic E-state index is 1.22. The SMILES string of the molecule is Cc1ccc(C(=Cc2c3ccccc3c(C=C(c3ccc(C)cc3)c3ccc(C)cc3)c3ccccc23)c2ccc(C)cc2)cc1. The van der Waals surface area contributed by atoms with Gasteiger partial charge in [0.15, 0.2) is 0 Å². The maximum Gasteiger partial charge on any atom is -0.00926 e. The van der Waals surface area contributed by atoms with Crippen molar-refractivity contribution in [2.45, 2.75) is 27.7 Å². The van der Waals surface area contributed by atoms with Crippen LogP contribution in [-0.4, -0.2) is 0 Å². The van der Waals surface area contributed by atoms with Gasteiger partial charge in [-0.3, -0.25) is 0 Å². The van der Waals surface area contributed by atoms with Crippen LogP contribution in [0.4, 0.5) is 0 Å². The number of hydrogen-bond acceptors (Lipinski definition) is 0. The first-order valence-corrected chi connectivity index (χ1v) is 16.1. The number of aryl methyl sites for hydroxylation is 4. The molecular weight excluding hydrogens is 553 g/mol. The van der Waals surface area contributed by atoms with Crippen LogP contribution in [0.3, 0.4) is 0 Å². The highest BCUT2D eigenvalue weighted by molar-refractivity contribution is 6.16. The molecule has 46 heavy (non-hydrogen) atoms. The molecule has 0 radical (unpaired) electrons. The molecule has 0 aliphatic heterocycles. The topological polar surface area (TPSA) is 0 Å². The van der Waals surface area contributed by atoms with E-state index >= 15 is 0 Å². The Kier molecular flexibility index (Phi) is 7.95. The van der Waals surface area contributed by atoms with E-state index in [4.69, 9.17) is 0 Å². The van der Waals surface area contributed by atoms with Crippen molar-refractivity contribution < 1.29 is 0 Å². The summed E-state index contributed by atoms with van der Waals surface area (Å²) in [6, 6.07) is 53.4. The fraction of sp³-hybridized carbons (Fsp3) is 0.0870. The van der Waals surface area contributed by atoms with Crippen LogP contribution >= 0.6 is 0 Å². The van der Waals surface area contributed by atoms with E-state index in [-0.39, 0.29) is 0 Å². The third-order valence-electron chi connectivity index (χ3n) is 9.04. The molecule has 0 atom stereocenters. The van der Waals surface area contributed by atoms with Gasteiger partial charge in [0, 0.05) is 0 Å². The highest BCUT2D eigenvalue weighted by Gasteiger charge is 2.15. The molecule has 0 saturated carbocycles. The van der Waals surface area contributed by atoms with Crippen molar-refractivity contribution in [3.05, 3.63) is 201 Å². The van der Waals surface area contributed by atoms with E-state index in [1.807, 2.05) is 0 Å². The van der Waals surface area contributed by atoms with Gasteiger partial charge in [0.05, 0.1) is 0 Å². The van der Waals surface area contributed by atoms with E-state index in [1.165, 1.54) is 88.3 Å². The Bertz CT molecular complexity index is 1910. The van der Waals surface area contributed by atoms with E-state index in [9.17, 15) is 0 Å². The molecule has 0 aromatic heterocycles. The molecule has 0 aliphatic rings. The summed E-state index contributed by atoms with van der Waals surface area (Å²) in [6.07, 6.45) is 4.82. The van der Waals surface area contributed by atoms with Crippen molar-refractivity contribution >= 4 is 44.8 Å². The van der Waals surface area contributed by atoms with E-state index in [0.29, 0.717) is 0 Å². The molecule has 0 fully saturated rings. The second-order valence-electron chi connectivity index (χ2n) is 12.5. The Balaban J connectivity index is 1.54. The van der Waals surface area contributed by atoms with Gasteiger partial charge in [0.1, 0.15) is 0 Å². The predicted octanol–water partition coefficient (Wildman–Crippen LogP) is 12.4. The zero-order chi connectivity index (χ0) is 31.6. The maximum absolute atomic E-state index is 2.41. The first-order chi connectivity index (χ1) is 22.4. The summed E-state index contributed by atoms with van der Waals surface area (Å²) in [5, 5.41) is 4.99. The molecule has 7 rings (SSSR count). The standard InChI is InChI=1S/C46H38/c1-31-13-21-35(22-14-31)43(36-23-15-32(2)16-24-36)29-45-39-9-5-7-11-41(39)46(42-12-8-6-10-40(42)45)30-44(37-25-17-33(3)18-26-37)38-27-19-34(4)20-28-38/h5-30H,1-4H3. The van der Waals surface area contributed by atoms with Crippen LogP contribution in [0.1, 0.15) is 55.6 Å². The van der Waals surface area contributed by atoms with Gasteiger partial charge >= 0.3 is 0 Å². The molecule has 0 bridgehead atoms. The summed E-state index contributed by atoms with van der Waals surface area (Å²) in [7, 11) is 0. The molecule has 0 heterocycles. The van der Waals surface area contributed by atoms with Crippen LogP contribution in [-0.2, 0) is 0 Å². The zero-order valence-electron chi connectivity index (χ0n) is 27.0. The van der Waals surface area contributed by atoms with Crippen LogP contribution in [0.5, 0.6) is 0 Å². The summed E-state index contributed by atoms with van der Waals surface area (Å²) in [5.41, 5.74) is 14.8. The van der Waals surface area contributed by atoms with Gasteiger partial charge < -0.3 is 0 Å². The third kappa shape index (κ3) is 5.83. The second-order valence-corrected chi connectivity index (χ2v) is 12.5. The largest absolute Gasteiger partial charge is 0.0616 e. The van der Waals surface area contributed by atoms with E-state index < -0.39 is 0 Å². The first kappa shape index (κ1) is 29.3. The molecular formula is C46H38. The van der Waals surface area contributed by atoms with Crippen molar-refractivity contribution in [2.75, 3.05) is 0 Å². The van der Waals surface area contributed by atoms with Crippen LogP contribution in [0, 0.1) is 27.7 Å². The highest BCUT2D eigenvalue weighted by atomic mass is 14.2. The summed E-state index contributed by atoms with van der Waals surface area (Å²) < 4.78 is 0. The van der Waals surface area contributed by atoms with Gasteiger partial charge in [-0.05, 0) is 106 Å². The van der Waals surface area contributed by atoms with Gasteiger partial charge in [-0.1, -0.05) is 168 Å². The fourth-order valence-corrected chi connectivity index (χ4v) is 6.39. The van der Waals surface area contributed by atoms with E-state index in [1.54, 1.807) is 0 Å². The second kappa shape index (κ2) is 12.5. The Morgan fingerprint density at radius 2 is 0.522 bits per heavy atom. The van der Waals surface area contributed by atoms with Crippen molar-refractivity contribution in [3.8, 4) is 0 Å². The first-order valence-electron chi connectivity index (χ1n) is 16.1. The molecule has 0 heteroatoms. The van der Waals surface area contributed by atoms with Gasteiger partial charge in [0.2, 0.25) is 0 Å².